The summed E-state index contributed by atoms with van der Waals surface area (Å²) in [5, 5.41) is 1.37. The maximum atomic E-state index is 12.8. The summed E-state index contributed by atoms with van der Waals surface area (Å²) in [6.45, 7) is 13.3. The minimum atomic E-state index is 0.309. The Labute approximate surface area is 217 Å². The number of nitrogens with two attached hydrogens (primary N) is 1. The van der Waals surface area contributed by atoms with E-state index < -0.39 is 0 Å². The molecule has 3 aromatic heterocycles. The van der Waals surface area contributed by atoms with E-state index in [1.54, 1.807) is 0 Å². The summed E-state index contributed by atoms with van der Waals surface area (Å²) in [6.07, 6.45) is 7.73. The van der Waals surface area contributed by atoms with Crippen LogP contribution >= 0.6 is 11.3 Å². The summed E-state index contributed by atoms with van der Waals surface area (Å²) in [5.41, 5.74) is 11.5. The number of hydrogen-bond acceptors (Lipinski definition) is 5. The number of fused-ring (bicyclic) bond motifs is 1. The van der Waals surface area contributed by atoms with Crippen molar-refractivity contribution in [3.63, 3.8) is 0 Å². The Morgan fingerprint density at radius 3 is 2.61 bits per heavy atom. The summed E-state index contributed by atoms with van der Waals surface area (Å²) in [4.78, 5) is 32.4. The largest absolute Gasteiger partial charge is 0.390 e. The van der Waals surface area contributed by atoms with Crippen LogP contribution in [0.15, 0.2) is 17.3 Å². The smallest absolute Gasteiger partial charge is 0.236 e. The van der Waals surface area contributed by atoms with Crippen molar-refractivity contribution in [1.29, 1.82) is 0 Å². The molecule has 0 spiro atoms. The van der Waals surface area contributed by atoms with Crippen LogP contribution in [0.2, 0.25) is 0 Å². The molecule has 36 heavy (non-hydrogen) atoms. The SMILES string of the molecule is Cc1cc(-c2[nH]c3sc(C4CCN(C(=O)CN5CCCC5)CC4)c(C)c3c2C(C)C)cnc1N=CN. The molecular weight excluding hydrogens is 468 g/mol. The minimum Gasteiger partial charge on any atom is -0.390 e. The number of hydrogen-bond donors (Lipinski definition) is 2. The first-order valence-corrected chi connectivity index (χ1v) is 14.0. The van der Waals surface area contributed by atoms with E-state index in [0.717, 1.165) is 55.8 Å². The zero-order chi connectivity index (χ0) is 25.4. The zero-order valence-corrected chi connectivity index (χ0v) is 22.7. The molecule has 1 amide bonds. The molecule has 0 aromatic carbocycles. The fourth-order valence-corrected chi connectivity index (χ4v) is 7.37. The summed E-state index contributed by atoms with van der Waals surface area (Å²) in [6, 6.07) is 2.14. The number of piperidine rings is 1. The molecule has 2 saturated heterocycles. The van der Waals surface area contributed by atoms with Gasteiger partial charge >= 0.3 is 0 Å². The van der Waals surface area contributed by atoms with Crippen LogP contribution in [0.1, 0.15) is 72.9 Å². The standard InChI is InChI=1S/C28H38N6OS/c1-17(2)23-24-19(4)26(20-7-11-34(12-8-20)22(35)15-33-9-5-6-10-33)36-28(24)32-25(23)21-13-18(3)27(30-14-21)31-16-29/h13-14,16-17,20,32H,5-12,15H2,1-4H3,(H2,29,30,31). The van der Waals surface area contributed by atoms with Gasteiger partial charge in [0, 0.05) is 35.1 Å². The molecule has 0 atom stereocenters. The number of aromatic nitrogens is 2. The van der Waals surface area contributed by atoms with Gasteiger partial charge in [0.05, 0.1) is 18.6 Å². The van der Waals surface area contributed by atoms with Crippen LogP contribution in [0.5, 0.6) is 0 Å². The number of aromatic amines is 1. The fraction of sp³-hybridized carbons (Fsp3) is 0.536. The molecule has 2 aliphatic rings. The Kier molecular flexibility index (Phi) is 7.17. The number of amides is 1. The summed E-state index contributed by atoms with van der Waals surface area (Å²) in [5.74, 6) is 1.86. The topological polar surface area (TPSA) is 90.6 Å². The Hall–Kier alpha value is -2.71. The number of thiophene rings is 1. The average molecular weight is 507 g/mol. The number of nitrogens with zero attached hydrogens (tertiary/aromatic N) is 4. The van der Waals surface area contributed by atoms with Crippen LogP contribution in [0.25, 0.3) is 21.5 Å². The molecule has 0 aliphatic carbocycles. The first kappa shape index (κ1) is 25.0. The second-order valence-corrected chi connectivity index (χ2v) is 11.7. The van der Waals surface area contributed by atoms with Crippen molar-refractivity contribution in [1.82, 2.24) is 19.8 Å². The molecule has 3 aromatic rings. The number of aryl methyl sites for hydroxylation is 2. The predicted molar refractivity (Wildman–Crippen MR) is 150 cm³/mol. The molecule has 2 fully saturated rings. The lowest BCUT2D eigenvalue weighted by Gasteiger charge is -2.33. The Morgan fingerprint density at radius 1 is 1.25 bits per heavy atom. The maximum absolute atomic E-state index is 12.8. The normalized spacial score (nSPS) is 17.9. The van der Waals surface area contributed by atoms with Gasteiger partial charge in [0.25, 0.3) is 0 Å². The molecule has 192 valence electrons. The quantitative estimate of drug-likeness (QED) is 0.343. The number of carbonyl (C=O) groups is 1. The van der Waals surface area contributed by atoms with Crippen LogP contribution < -0.4 is 5.73 Å². The molecule has 3 N–H and O–H groups in total. The van der Waals surface area contributed by atoms with Crippen molar-refractivity contribution in [3.05, 3.63) is 33.8 Å². The molecule has 5 rings (SSSR count). The van der Waals surface area contributed by atoms with Gasteiger partial charge in [-0.1, -0.05) is 13.8 Å². The van der Waals surface area contributed by atoms with Gasteiger partial charge in [-0.15, -0.1) is 11.3 Å². The number of aliphatic imine (C=N–C) groups is 1. The third kappa shape index (κ3) is 4.68. The monoisotopic (exact) mass is 506 g/mol. The van der Waals surface area contributed by atoms with Crippen LogP contribution in [0.3, 0.4) is 0 Å². The molecule has 2 aliphatic heterocycles. The van der Waals surface area contributed by atoms with E-state index in [4.69, 9.17) is 5.73 Å². The summed E-state index contributed by atoms with van der Waals surface area (Å²) >= 11 is 1.90. The van der Waals surface area contributed by atoms with Gasteiger partial charge in [-0.25, -0.2) is 9.98 Å². The van der Waals surface area contributed by atoms with Crippen molar-refractivity contribution in [3.8, 4) is 11.3 Å². The van der Waals surface area contributed by atoms with Crippen LogP contribution in [0.4, 0.5) is 5.82 Å². The fourth-order valence-electron chi connectivity index (χ4n) is 5.98. The maximum Gasteiger partial charge on any atom is 0.236 e. The minimum absolute atomic E-state index is 0.309. The molecular formula is C28H38N6OS. The lowest BCUT2D eigenvalue weighted by Crippen LogP contribution is -2.43. The first-order valence-electron chi connectivity index (χ1n) is 13.2. The molecule has 0 saturated carbocycles. The second-order valence-electron chi connectivity index (χ2n) is 10.6. The Balaban J connectivity index is 1.38. The zero-order valence-electron chi connectivity index (χ0n) is 21.9. The highest BCUT2D eigenvalue weighted by Crippen LogP contribution is 2.46. The first-order chi connectivity index (χ1) is 17.4. The van der Waals surface area contributed by atoms with Crippen LogP contribution in [-0.4, -0.2) is 64.7 Å². The number of likely N-dealkylation sites (tertiary alicyclic amines) is 2. The highest BCUT2D eigenvalue weighted by molar-refractivity contribution is 7.19. The summed E-state index contributed by atoms with van der Waals surface area (Å²) in [7, 11) is 0. The van der Waals surface area contributed by atoms with E-state index >= 15 is 0 Å². The lowest BCUT2D eigenvalue weighted by atomic mass is 9.90. The number of rotatable bonds is 6. The third-order valence-electron chi connectivity index (χ3n) is 7.85. The number of carbonyl (C=O) groups excluding carboxylic acids is 1. The Bertz CT molecular complexity index is 1270. The average Bonchev–Trinajstić information content (AvgIpc) is 3.58. The lowest BCUT2D eigenvalue weighted by molar-refractivity contribution is -0.133. The van der Waals surface area contributed by atoms with Gasteiger partial charge in [0.1, 0.15) is 4.83 Å². The van der Waals surface area contributed by atoms with Crippen molar-refractivity contribution < 1.29 is 4.79 Å². The van der Waals surface area contributed by atoms with Crippen molar-refractivity contribution >= 4 is 39.6 Å². The van der Waals surface area contributed by atoms with E-state index in [0.29, 0.717) is 30.1 Å². The van der Waals surface area contributed by atoms with Gasteiger partial charge in [0.15, 0.2) is 5.82 Å². The van der Waals surface area contributed by atoms with E-state index in [1.807, 2.05) is 24.5 Å². The third-order valence-corrected chi connectivity index (χ3v) is 9.22. The van der Waals surface area contributed by atoms with Gasteiger partial charge in [-0.2, -0.15) is 0 Å². The van der Waals surface area contributed by atoms with E-state index in [9.17, 15) is 4.79 Å². The molecule has 5 heterocycles. The van der Waals surface area contributed by atoms with Crippen molar-refractivity contribution in [2.45, 2.75) is 65.2 Å². The van der Waals surface area contributed by atoms with Gasteiger partial charge < -0.3 is 15.6 Å². The van der Waals surface area contributed by atoms with E-state index in [2.05, 4.69) is 51.6 Å². The second kappa shape index (κ2) is 10.3. The van der Waals surface area contributed by atoms with E-state index in [1.165, 1.54) is 45.4 Å². The van der Waals surface area contributed by atoms with Gasteiger partial charge in [0.2, 0.25) is 5.91 Å². The van der Waals surface area contributed by atoms with Crippen LogP contribution in [-0.2, 0) is 4.79 Å². The summed E-state index contributed by atoms with van der Waals surface area (Å²) < 4.78 is 0. The Morgan fingerprint density at radius 2 is 1.97 bits per heavy atom. The molecule has 0 bridgehead atoms. The highest BCUT2D eigenvalue weighted by Gasteiger charge is 2.30. The predicted octanol–water partition coefficient (Wildman–Crippen LogP) is 5.45. The van der Waals surface area contributed by atoms with Crippen molar-refractivity contribution in [2.24, 2.45) is 10.7 Å². The number of nitrogens with one attached hydrogen (secondary N) is 1. The highest BCUT2D eigenvalue weighted by atomic mass is 32.1. The van der Waals surface area contributed by atoms with Crippen molar-refractivity contribution in [2.75, 3.05) is 32.7 Å². The van der Waals surface area contributed by atoms with Gasteiger partial charge in [-0.05, 0) is 87.2 Å². The molecule has 0 radical (unpaired) electrons. The molecule has 7 nitrogen and oxygen atoms in total. The van der Waals surface area contributed by atoms with E-state index in [-0.39, 0.29) is 0 Å². The van der Waals surface area contributed by atoms with Gasteiger partial charge in [-0.3, -0.25) is 9.69 Å². The molecule has 8 heteroatoms. The number of H-pyrrole nitrogens is 1. The van der Waals surface area contributed by atoms with Crippen LogP contribution in [0, 0.1) is 13.8 Å². The number of pyridine rings is 1. The molecule has 0 unspecified atom stereocenters.